The van der Waals surface area contributed by atoms with E-state index in [1.165, 1.54) is 11.5 Å². The zero-order chi connectivity index (χ0) is 13.3. The molecule has 0 radical (unpaired) electrons. The highest BCUT2D eigenvalue weighted by molar-refractivity contribution is 7.13. The van der Waals surface area contributed by atoms with Gasteiger partial charge in [-0.15, -0.1) is 0 Å². The minimum Gasteiger partial charge on any atom is -0.369 e. The normalized spacial score (nSPS) is 12.3. The molecule has 2 aromatic heterocycles. The summed E-state index contributed by atoms with van der Waals surface area (Å²) in [6.45, 7) is 11.9. The molecular formula is C13H20N4S. The van der Waals surface area contributed by atoms with Crippen LogP contribution in [0, 0.1) is 18.3 Å². The lowest BCUT2D eigenvalue weighted by Crippen LogP contribution is -2.28. The fourth-order valence-electron chi connectivity index (χ4n) is 1.57. The smallest absolute Gasteiger partial charge is 0.149 e. The second kappa shape index (κ2) is 4.80. The van der Waals surface area contributed by atoms with Crippen molar-refractivity contribution < 1.29 is 0 Å². The van der Waals surface area contributed by atoms with E-state index in [-0.39, 0.29) is 5.41 Å². The average Bonchev–Trinajstić information content (AvgIpc) is 2.69. The Morgan fingerprint density at radius 2 is 2.06 bits per heavy atom. The Morgan fingerprint density at radius 1 is 1.33 bits per heavy atom. The van der Waals surface area contributed by atoms with Gasteiger partial charge in [-0.05, 0) is 29.8 Å². The van der Waals surface area contributed by atoms with Crippen molar-refractivity contribution in [3.8, 4) is 0 Å². The topological polar surface area (TPSA) is 50.7 Å². The highest BCUT2D eigenvalue weighted by Crippen LogP contribution is 2.29. The summed E-state index contributed by atoms with van der Waals surface area (Å²) in [5.41, 5.74) is 1.23. The fraction of sp³-hybridized carbons (Fsp3) is 0.615. The maximum Gasteiger partial charge on any atom is 0.149 e. The highest BCUT2D eigenvalue weighted by Gasteiger charge is 2.22. The van der Waals surface area contributed by atoms with E-state index in [0.29, 0.717) is 5.92 Å². The van der Waals surface area contributed by atoms with Gasteiger partial charge in [0.1, 0.15) is 17.0 Å². The number of nitrogens with zero attached hydrogens (tertiary/aromatic N) is 3. The predicted molar refractivity (Wildman–Crippen MR) is 77.1 cm³/mol. The van der Waals surface area contributed by atoms with Crippen molar-refractivity contribution in [3.05, 3.63) is 12.0 Å². The number of hydrogen-bond donors (Lipinski definition) is 1. The molecule has 0 aliphatic carbocycles. The summed E-state index contributed by atoms with van der Waals surface area (Å²) in [7, 11) is 0. The van der Waals surface area contributed by atoms with Crippen LogP contribution in [0.4, 0.5) is 5.82 Å². The lowest BCUT2D eigenvalue weighted by atomic mass is 9.81. The Hall–Kier alpha value is -1.23. The first-order chi connectivity index (χ1) is 8.42. The van der Waals surface area contributed by atoms with Crippen molar-refractivity contribution in [1.82, 2.24) is 14.3 Å². The molecule has 0 spiro atoms. The number of hydrogen-bond acceptors (Lipinski definition) is 5. The summed E-state index contributed by atoms with van der Waals surface area (Å²) in [6.07, 6.45) is 1.60. The van der Waals surface area contributed by atoms with Gasteiger partial charge in [0.05, 0.1) is 11.1 Å². The van der Waals surface area contributed by atoms with Crippen molar-refractivity contribution in [2.75, 3.05) is 11.9 Å². The van der Waals surface area contributed by atoms with Crippen LogP contribution in [-0.2, 0) is 0 Å². The lowest BCUT2D eigenvalue weighted by molar-refractivity contribution is 0.269. The second-order valence-electron chi connectivity index (χ2n) is 5.67. The van der Waals surface area contributed by atoms with Gasteiger partial charge in [-0.25, -0.2) is 9.97 Å². The zero-order valence-electron chi connectivity index (χ0n) is 11.6. The molecule has 5 heteroatoms. The van der Waals surface area contributed by atoms with Crippen LogP contribution in [0.1, 0.15) is 33.4 Å². The largest absolute Gasteiger partial charge is 0.369 e. The molecule has 0 amide bonds. The number of anilines is 1. The quantitative estimate of drug-likeness (QED) is 0.918. The zero-order valence-corrected chi connectivity index (χ0v) is 12.4. The van der Waals surface area contributed by atoms with Gasteiger partial charge in [0.25, 0.3) is 0 Å². The van der Waals surface area contributed by atoms with Crippen LogP contribution in [0.5, 0.6) is 0 Å². The number of aromatic nitrogens is 3. The molecule has 0 saturated heterocycles. The van der Waals surface area contributed by atoms with Gasteiger partial charge in [-0.2, -0.15) is 4.37 Å². The van der Waals surface area contributed by atoms with E-state index in [2.05, 4.69) is 47.4 Å². The molecule has 4 nitrogen and oxygen atoms in total. The summed E-state index contributed by atoms with van der Waals surface area (Å²) < 4.78 is 4.34. The molecule has 2 heterocycles. The van der Waals surface area contributed by atoms with E-state index in [4.69, 9.17) is 0 Å². The van der Waals surface area contributed by atoms with Crippen LogP contribution in [0.25, 0.3) is 10.2 Å². The van der Waals surface area contributed by atoms with E-state index >= 15 is 0 Å². The molecule has 98 valence electrons. The van der Waals surface area contributed by atoms with E-state index < -0.39 is 0 Å². The number of rotatable bonds is 4. The maximum absolute atomic E-state index is 4.35. The molecule has 0 aliphatic rings. The van der Waals surface area contributed by atoms with Crippen LogP contribution < -0.4 is 5.32 Å². The number of nitrogens with one attached hydrogen (secondary N) is 1. The molecule has 2 rings (SSSR count). The molecule has 0 fully saturated rings. The molecular weight excluding hydrogens is 244 g/mol. The van der Waals surface area contributed by atoms with Crippen molar-refractivity contribution >= 4 is 27.6 Å². The van der Waals surface area contributed by atoms with Gasteiger partial charge in [-0.1, -0.05) is 27.7 Å². The Morgan fingerprint density at radius 3 is 2.72 bits per heavy atom. The molecule has 0 bridgehead atoms. The van der Waals surface area contributed by atoms with E-state index in [0.717, 1.165) is 28.3 Å². The number of fused-ring (bicyclic) bond motifs is 1. The Labute approximate surface area is 112 Å². The molecule has 0 aromatic carbocycles. The summed E-state index contributed by atoms with van der Waals surface area (Å²) in [4.78, 5) is 9.55. The third-order valence-corrected chi connectivity index (χ3v) is 4.57. The maximum atomic E-state index is 4.35. The predicted octanol–water partition coefficient (Wildman–Crippen LogP) is 3.49. The van der Waals surface area contributed by atoms with E-state index in [1.807, 2.05) is 6.92 Å². The first-order valence-corrected chi connectivity index (χ1v) is 7.00. The first kappa shape index (κ1) is 13.2. The van der Waals surface area contributed by atoms with Crippen LogP contribution >= 0.6 is 11.5 Å². The molecule has 0 saturated carbocycles. The monoisotopic (exact) mass is 264 g/mol. The highest BCUT2D eigenvalue weighted by atomic mass is 32.1. The lowest BCUT2D eigenvalue weighted by Gasteiger charge is -2.29. The van der Waals surface area contributed by atoms with Crippen LogP contribution in [0.2, 0.25) is 0 Å². The fourth-order valence-corrected chi connectivity index (χ4v) is 2.32. The van der Waals surface area contributed by atoms with Crippen molar-refractivity contribution in [2.24, 2.45) is 11.3 Å². The average molecular weight is 264 g/mol. The van der Waals surface area contributed by atoms with Gasteiger partial charge < -0.3 is 5.32 Å². The minimum absolute atomic E-state index is 0.231. The Balaban J connectivity index is 2.25. The van der Waals surface area contributed by atoms with Crippen molar-refractivity contribution in [1.29, 1.82) is 0 Å². The third-order valence-electron chi connectivity index (χ3n) is 3.72. The summed E-state index contributed by atoms with van der Waals surface area (Å²) >= 11 is 1.43. The molecule has 0 aliphatic heterocycles. The first-order valence-electron chi connectivity index (χ1n) is 6.22. The standard InChI is InChI=1S/C13H20N4S/c1-8(2)13(4,5)6-14-11-10-9(3)17-18-12(10)16-7-15-11/h7-8H,6H2,1-5H3,(H,14,15,16). The van der Waals surface area contributed by atoms with E-state index in [1.54, 1.807) is 6.33 Å². The van der Waals surface area contributed by atoms with Gasteiger partial charge >= 0.3 is 0 Å². The van der Waals surface area contributed by atoms with Gasteiger partial charge in [0.2, 0.25) is 0 Å². The summed E-state index contributed by atoms with van der Waals surface area (Å²) in [5.74, 6) is 1.52. The third kappa shape index (κ3) is 2.46. The summed E-state index contributed by atoms with van der Waals surface area (Å²) in [6, 6.07) is 0. The second-order valence-corrected chi connectivity index (χ2v) is 6.42. The van der Waals surface area contributed by atoms with Gasteiger partial charge in [0, 0.05) is 6.54 Å². The van der Waals surface area contributed by atoms with Crippen molar-refractivity contribution in [3.63, 3.8) is 0 Å². The van der Waals surface area contributed by atoms with Crippen LogP contribution in [0.15, 0.2) is 6.33 Å². The molecule has 2 aromatic rings. The molecule has 18 heavy (non-hydrogen) atoms. The Bertz CT molecular complexity index is 545. The van der Waals surface area contributed by atoms with Gasteiger partial charge in [-0.3, -0.25) is 0 Å². The van der Waals surface area contributed by atoms with Crippen LogP contribution in [-0.4, -0.2) is 20.9 Å². The summed E-state index contributed by atoms with van der Waals surface area (Å²) in [5, 5.41) is 4.51. The molecule has 0 atom stereocenters. The van der Waals surface area contributed by atoms with Gasteiger partial charge in [0.15, 0.2) is 0 Å². The van der Waals surface area contributed by atoms with Crippen molar-refractivity contribution in [2.45, 2.75) is 34.6 Å². The van der Waals surface area contributed by atoms with E-state index in [9.17, 15) is 0 Å². The Kier molecular flexibility index (Phi) is 3.52. The molecule has 0 unspecified atom stereocenters. The number of aryl methyl sites for hydroxylation is 1. The SMILES string of the molecule is Cc1nsc2ncnc(NCC(C)(C)C(C)C)c12. The van der Waals surface area contributed by atoms with Crippen LogP contribution in [0.3, 0.4) is 0 Å². The molecule has 1 N–H and O–H groups in total. The minimum atomic E-state index is 0.231.